The lowest BCUT2D eigenvalue weighted by molar-refractivity contribution is -0.384. The summed E-state index contributed by atoms with van der Waals surface area (Å²) in [5.74, 6) is -0.788. The number of carbonyl (C=O) groups is 2. The molecular weight excluding hydrogens is 302 g/mol. The summed E-state index contributed by atoms with van der Waals surface area (Å²) in [5.41, 5.74) is 0.452. The second-order valence-electron chi connectivity index (χ2n) is 5.53. The normalized spacial score (nSPS) is 11.8. The molecular formula is C16H21NO6. The Hall–Kier alpha value is -2.44. The topological polar surface area (TPSA) is 95.7 Å². The molecule has 1 unspecified atom stereocenters. The predicted molar refractivity (Wildman–Crippen MR) is 82.5 cm³/mol. The largest absolute Gasteiger partial charge is 0.462 e. The van der Waals surface area contributed by atoms with Crippen LogP contribution in [-0.2, 0) is 25.7 Å². The summed E-state index contributed by atoms with van der Waals surface area (Å²) in [5, 5.41) is 10.7. The Bertz CT molecular complexity index is 569. The standard InChI is InChI=1S/C16H21NO6/c1-11(2)12(3)23-16(19)8-7-15(18)22-10-13-5-4-6-14(9-13)17(20)21/h4-6,9,11-12H,7-8,10H2,1-3H3. The SMILES string of the molecule is CC(C)C(C)OC(=O)CCC(=O)OCc1cccc([N+](=O)[O-])c1. The van der Waals surface area contributed by atoms with Gasteiger partial charge in [-0.3, -0.25) is 19.7 Å². The van der Waals surface area contributed by atoms with E-state index >= 15 is 0 Å². The molecule has 0 aliphatic carbocycles. The van der Waals surface area contributed by atoms with Gasteiger partial charge in [0.2, 0.25) is 0 Å². The lowest BCUT2D eigenvalue weighted by Gasteiger charge is -2.16. The summed E-state index contributed by atoms with van der Waals surface area (Å²) < 4.78 is 10.1. The van der Waals surface area contributed by atoms with Crippen LogP contribution in [0.15, 0.2) is 24.3 Å². The van der Waals surface area contributed by atoms with Crippen LogP contribution in [0.2, 0.25) is 0 Å². The molecule has 1 atom stereocenters. The second kappa shape index (κ2) is 8.87. The van der Waals surface area contributed by atoms with Crippen LogP contribution in [-0.4, -0.2) is 23.0 Å². The molecule has 1 aromatic carbocycles. The van der Waals surface area contributed by atoms with E-state index in [4.69, 9.17) is 9.47 Å². The minimum atomic E-state index is -0.550. The number of ether oxygens (including phenoxy) is 2. The van der Waals surface area contributed by atoms with Crippen LogP contribution in [0.1, 0.15) is 39.2 Å². The molecule has 1 aromatic rings. The first-order chi connectivity index (χ1) is 10.8. The summed E-state index contributed by atoms with van der Waals surface area (Å²) in [6, 6.07) is 5.84. The summed E-state index contributed by atoms with van der Waals surface area (Å²) in [6.45, 7) is 5.59. The van der Waals surface area contributed by atoms with Crippen LogP contribution in [0, 0.1) is 16.0 Å². The van der Waals surface area contributed by atoms with Crippen molar-refractivity contribution in [3.63, 3.8) is 0 Å². The third-order valence-electron chi connectivity index (χ3n) is 3.31. The van der Waals surface area contributed by atoms with Crippen molar-refractivity contribution in [3.05, 3.63) is 39.9 Å². The molecule has 0 amide bonds. The van der Waals surface area contributed by atoms with Gasteiger partial charge in [-0.15, -0.1) is 0 Å². The zero-order valence-electron chi connectivity index (χ0n) is 13.5. The maximum absolute atomic E-state index is 11.6. The van der Waals surface area contributed by atoms with E-state index in [0.29, 0.717) is 5.56 Å². The number of nitro benzene ring substituents is 1. The van der Waals surface area contributed by atoms with E-state index in [1.807, 2.05) is 13.8 Å². The van der Waals surface area contributed by atoms with Crippen molar-refractivity contribution in [1.82, 2.24) is 0 Å². The third-order valence-corrected chi connectivity index (χ3v) is 3.31. The van der Waals surface area contributed by atoms with Crippen molar-refractivity contribution in [2.45, 2.75) is 46.3 Å². The molecule has 23 heavy (non-hydrogen) atoms. The number of nitro groups is 1. The average molecular weight is 323 g/mol. The van der Waals surface area contributed by atoms with Gasteiger partial charge in [-0.1, -0.05) is 26.0 Å². The highest BCUT2D eigenvalue weighted by molar-refractivity contribution is 5.77. The molecule has 126 valence electrons. The van der Waals surface area contributed by atoms with Gasteiger partial charge in [0.25, 0.3) is 5.69 Å². The molecule has 0 fully saturated rings. The number of benzene rings is 1. The highest BCUT2D eigenvalue weighted by atomic mass is 16.6. The lowest BCUT2D eigenvalue weighted by atomic mass is 10.1. The van der Waals surface area contributed by atoms with E-state index in [-0.39, 0.29) is 37.2 Å². The quantitative estimate of drug-likeness (QED) is 0.414. The average Bonchev–Trinajstić information content (AvgIpc) is 2.51. The van der Waals surface area contributed by atoms with Crippen molar-refractivity contribution in [1.29, 1.82) is 0 Å². The van der Waals surface area contributed by atoms with E-state index in [2.05, 4.69) is 0 Å². The first kappa shape index (κ1) is 18.6. The summed E-state index contributed by atoms with van der Waals surface area (Å²) >= 11 is 0. The Balaban J connectivity index is 2.36. The molecule has 0 saturated carbocycles. The maximum atomic E-state index is 11.6. The van der Waals surface area contributed by atoms with Gasteiger partial charge in [-0.2, -0.15) is 0 Å². The van der Waals surface area contributed by atoms with E-state index < -0.39 is 16.9 Å². The number of non-ortho nitro benzene ring substituents is 1. The van der Waals surface area contributed by atoms with Gasteiger partial charge in [0.15, 0.2) is 0 Å². The van der Waals surface area contributed by atoms with Gasteiger partial charge in [0, 0.05) is 12.1 Å². The molecule has 0 saturated heterocycles. The fourth-order valence-corrected chi connectivity index (χ4v) is 1.60. The van der Waals surface area contributed by atoms with Gasteiger partial charge >= 0.3 is 11.9 Å². The maximum Gasteiger partial charge on any atom is 0.306 e. The smallest absolute Gasteiger partial charge is 0.306 e. The lowest BCUT2D eigenvalue weighted by Crippen LogP contribution is -2.20. The van der Waals surface area contributed by atoms with Crippen molar-refractivity contribution < 1.29 is 24.0 Å². The van der Waals surface area contributed by atoms with Crippen molar-refractivity contribution in [2.24, 2.45) is 5.92 Å². The number of carbonyl (C=O) groups excluding carboxylic acids is 2. The van der Waals surface area contributed by atoms with E-state index in [1.54, 1.807) is 13.0 Å². The number of nitrogens with zero attached hydrogens (tertiary/aromatic N) is 1. The van der Waals surface area contributed by atoms with Crippen LogP contribution < -0.4 is 0 Å². The van der Waals surface area contributed by atoms with Crippen LogP contribution in [0.5, 0.6) is 0 Å². The third kappa shape index (κ3) is 6.90. The first-order valence-electron chi connectivity index (χ1n) is 7.38. The van der Waals surface area contributed by atoms with E-state index in [9.17, 15) is 19.7 Å². The molecule has 0 N–H and O–H groups in total. The summed E-state index contributed by atoms with van der Waals surface area (Å²) in [7, 11) is 0. The molecule has 0 radical (unpaired) electrons. The Labute approximate surface area is 134 Å². The van der Waals surface area contributed by atoms with Gasteiger partial charge in [0.1, 0.15) is 12.7 Å². The van der Waals surface area contributed by atoms with Gasteiger partial charge in [0.05, 0.1) is 17.8 Å². The molecule has 1 rings (SSSR count). The van der Waals surface area contributed by atoms with Crippen molar-refractivity contribution >= 4 is 17.6 Å². The molecule has 0 heterocycles. The van der Waals surface area contributed by atoms with Crippen molar-refractivity contribution in [3.8, 4) is 0 Å². The highest BCUT2D eigenvalue weighted by Gasteiger charge is 2.15. The summed E-state index contributed by atoms with van der Waals surface area (Å²) in [6.07, 6.45) is -0.341. The fraction of sp³-hybridized carbons (Fsp3) is 0.500. The zero-order chi connectivity index (χ0) is 17.4. The highest BCUT2D eigenvalue weighted by Crippen LogP contribution is 2.14. The van der Waals surface area contributed by atoms with E-state index in [1.165, 1.54) is 18.2 Å². The molecule has 0 bridgehead atoms. The first-order valence-corrected chi connectivity index (χ1v) is 7.38. The van der Waals surface area contributed by atoms with Crippen LogP contribution in [0.4, 0.5) is 5.69 Å². The molecule has 7 nitrogen and oxygen atoms in total. The van der Waals surface area contributed by atoms with Crippen LogP contribution in [0.3, 0.4) is 0 Å². The van der Waals surface area contributed by atoms with Crippen LogP contribution >= 0.6 is 0 Å². The van der Waals surface area contributed by atoms with Crippen molar-refractivity contribution in [2.75, 3.05) is 0 Å². The minimum Gasteiger partial charge on any atom is -0.462 e. The number of hydrogen-bond donors (Lipinski definition) is 0. The molecule has 0 aromatic heterocycles. The molecule has 7 heteroatoms. The number of rotatable bonds is 8. The molecule has 0 aliphatic rings. The monoisotopic (exact) mass is 323 g/mol. The molecule has 0 aliphatic heterocycles. The Morgan fingerprint density at radius 3 is 2.43 bits per heavy atom. The number of esters is 2. The van der Waals surface area contributed by atoms with E-state index in [0.717, 1.165) is 0 Å². The molecule has 0 spiro atoms. The second-order valence-corrected chi connectivity index (χ2v) is 5.53. The van der Waals surface area contributed by atoms with Gasteiger partial charge < -0.3 is 9.47 Å². The Morgan fingerprint density at radius 1 is 1.17 bits per heavy atom. The zero-order valence-corrected chi connectivity index (χ0v) is 13.5. The van der Waals surface area contributed by atoms with Gasteiger partial charge in [-0.05, 0) is 18.4 Å². The Kier molecular flexibility index (Phi) is 7.18. The predicted octanol–water partition coefficient (Wildman–Crippen LogP) is 3.01. The number of hydrogen-bond acceptors (Lipinski definition) is 6. The van der Waals surface area contributed by atoms with Gasteiger partial charge in [-0.25, -0.2) is 0 Å². The van der Waals surface area contributed by atoms with Crippen LogP contribution in [0.25, 0.3) is 0 Å². The minimum absolute atomic E-state index is 0.0508. The Morgan fingerprint density at radius 2 is 1.83 bits per heavy atom. The fourth-order valence-electron chi connectivity index (χ4n) is 1.60. The summed E-state index contributed by atoms with van der Waals surface area (Å²) in [4.78, 5) is 33.3.